The Labute approximate surface area is 143 Å². The van der Waals surface area contributed by atoms with Gasteiger partial charge in [-0.05, 0) is 24.3 Å². The van der Waals surface area contributed by atoms with E-state index in [1.807, 2.05) is 0 Å². The standard InChI is InChI=1S/C14H6Cl2F2N2O4/c15-7-1-5(13(21)22)3-9(17)11(7)19-20-12-8(16)2-6(14(23)24)4-10(12)18/h1-4H,(H,21,22)(H,23,24). The number of aromatic carboxylic acids is 2. The Morgan fingerprint density at radius 3 is 1.38 bits per heavy atom. The van der Waals surface area contributed by atoms with Gasteiger partial charge in [-0.25, -0.2) is 18.4 Å². The Morgan fingerprint density at radius 1 is 0.792 bits per heavy atom. The minimum absolute atomic E-state index is 0.352. The number of rotatable bonds is 4. The zero-order chi connectivity index (χ0) is 18.0. The molecule has 0 saturated heterocycles. The van der Waals surface area contributed by atoms with Gasteiger partial charge in [0.15, 0.2) is 11.6 Å². The van der Waals surface area contributed by atoms with Crippen molar-refractivity contribution in [2.24, 2.45) is 10.2 Å². The Kier molecular flexibility index (Phi) is 5.10. The molecule has 0 amide bonds. The van der Waals surface area contributed by atoms with Gasteiger partial charge < -0.3 is 10.2 Å². The van der Waals surface area contributed by atoms with Crippen LogP contribution in [0.25, 0.3) is 0 Å². The van der Waals surface area contributed by atoms with Crippen LogP contribution in [0.3, 0.4) is 0 Å². The highest BCUT2D eigenvalue weighted by Gasteiger charge is 2.16. The molecule has 10 heteroatoms. The van der Waals surface area contributed by atoms with E-state index < -0.39 is 46.1 Å². The molecule has 2 aromatic carbocycles. The summed E-state index contributed by atoms with van der Waals surface area (Å²) in [5, 5.41) is 23.7. The highest BCUT2D eigenvalue weighted by atomic mass is 35.5. The first-order valence-corrected chi connectivity index (χ1v) is 6.82. The average Bonchev–Trinajstić information content (AvgIpc) is 2.47. The third kappa shape index (κ3) is 3.66. The molecule has 0 radical (unpaired) electrons. The molecular weight excluding hydrogens is 369 g/mol. The number of hydrogen-bond acceptors (Lipinski definition) is 4. The molecule has 24 heavy (non-hydrogen) atoms. The molecule has 0 aromatic heterocycles. The highest BCUT2D eigenvalue weighted by Crippen LogP contribution is 2.34. The van der Waals surface area contributed by atoms with Crippen LogP contribution in [0.15, 0.2) is 34.5 Å². The molecule has 2 aromatic rings. The van der Waals surface area contributed by atoms with E-state index >= 15 is 0 Å². The maximum atomic E-state index is 13.8. The van der Waals surface area contributed by atoms with Crippen molar-refractivity contribution in [2.45, 2.75) is 0 Å². The van der Waals surface area contributed by atoms with E-state index in [1.165, 1.54) is 0 Å². The molecule has 6 nitrogen and oxygen atoms in total. The van der Waals surface area contributed by atoms with E-state index in [0.29, 0.717) is 12.1 Å². The summed E-state index contributed by atoms with van der Waals surface area (Å²) in [7, 11) is 0. The maximum absolute atomic E-state index is 13.8. The second kappa shape index (κ2) is 6.90. The van der Waals surface area contributed by atoms with Crippen molar-refractivity contribution in [3.05, 3.63) is 57.1 Å². The summed E-state index contributed by atoms with van der Waals surface area (Å²) >= 11 is 11.5. The number of halogens is 4. The first-order valence-electron chi connectivity index (χ1n) is 6.07. The van der Waals surface area contributed by atoms with Crippen molar-refractivity contribution in [3.8, 4) is 0 Å². The summed E-state index contributed by atoms with van der Waals surface area (Å²) in [6.45, 7) is 0. The number of carboxylic acids is 2. The van der Waals surface area contributed by atoms with E-state index in [4.69, 9.17) is 33.4 Å². The summed E-state index contributed by atoms with van der Waals surface area (Å²) in [5.41, 5.74) is -1.82. The summed E-state index contributed by atoms with van der Waals surface area (Å²) in [4.78, 5) is 21.6. The zero-order valence-electron chi connectivity index (χ0n) is 11.4. The van der Waals surface area contributed by atoms with E-state index in [1.54, 1.807) is 0 Å². The summed E-state index contributed by atoms with van der Waals surface area (Å²) < 4.78 is 27.7. The Hall–Kier alpha value is -2.58. The van der Waals surface area contributed by atoms with E-state index in [0.717, 1.165) is 12.1 Å². The number of carboxylic acid groups (broad SMARTS) is 2. The van der Waals surface area contributed by atoms with Crippen LogP contribution in [0.1, 0.15) is 20.7 Å². The number of benzene rings is 2. The third-order valence-electron chi connectivity index (χ3n) is 2.78. The fourth-order valence-corrected chi connectivity index (χ4v) is 2.16. The molecule has 2 rings (SSSR count). The van der Waals surface area contributed by atoms with E-state index in [-0.39, 0.29) is 10.0 Å². The number of carbonyl (C=O) groups is 2. The van der Waals surface area contributed by atoms with Gasteiger partial charge in [0.05, 0.1) is 21.2 Å². The Balaban J connectivity index is 2.46. The van der Waals surface area contributed by atoms with Crippen molar-refractivity contribution >= 4 is 46.5 Å². The lowest BCUT2D eigenvalue weighted by Gasteiger charge is -2.04. The first kappa shape index (κ1) is 17.8. The van der Waals surface area contributed by atoms with Crippen LogP contribution in [-0.2, 0) is 0 Å². The second-order valence-electron chi connectivity index (χ2n) is 4.39. The quantitative estimate of drug-likeness (QED) is 0.728. The lowest BCUT2D eigenvalue weighted by molar-refractivity contribution is 0.0685. The van der Waals surface area contributed by atoms with Crippen LogP contribution in [-0.4, -0.2) is 22.2 Å². The number of nitrogens with zero attached hydrogens (tertiary/aromatic N) is 2. The van der Waals surface area contributed by atoms with Gasteiger partial charge in [0.25, 0.3) is 0 Å². The Bertz CT molecular complexity index is 770. The van der Waals surface area contributed by atoms with Gasteiger partial charge >= 0.3 is 11.9 Å². The topological polar surface area (TPSA) is 99.3 Å². The second-order valence-corrected chi connectivity index (χ2v) is 5.20. The normalized spacial score (nSPS) is 11.0. The number of azo groups is 1. The van der Waals surface area contributed by atoms with Gasteiger partial charge in [0.1, 0.15) is 11.4 Å². The molecule has 0 bridgehead atoms. The minimum Gasteiger partial charge on any atom is -0.478 e. The molecule has 0 heterocycles. The van der Waals surface area contributed by atoms with Crippen molar-refractivity contribution in [2.75, 3.05) is 0 Å². The van der Waals surface area contributed by atoms with E-state index in [2.05, 4.69) is 10.2 Å². The van der Waals surface area contributed by atoms with Crippen molar-refractivity contribution < 1.29 is 28.6 Å². The summed E-state index contributed by atoms with van der Waals surface area (Å²) in [6, 6.07) is 3.25. The molecule has 0 spiro atoms. The van der Waals surface area contributed by atoms with Gasteiger partial charge in [-0.2, -0.15) is 0 Å². The fourth-order valence-electron chi connectivity index (χ4n) is 1.67. The van der Waals surface area contributed by atoms with Gasteiger partial charge in [-0.15, -0.1) is 10.2 Å². The lowest BCUT2D eigenvalue weighted by atomic mass is 10.2. The molecule has 0 aliphatic heterocycles. The van der Waals surface area contributed by atoms with E-state index in [9.17, 15) is 18.4 Å². The molecule has 0 aliphatic carbocycles. The predicted octanol–water partition coefficient (Wildman–Crippen LogP) is 5.08. The van der Waals surface area contributed by atoms with Crippen LogP contribution in [0.5, 0.6) is 0 Å². The van der Waals surface area contributed by atoms with Gasteiger partial charge in [0, 0.05) is 0 Å². The van der Waals surface area contributed by atoms with Crippen LogP contribution >= 0.6 is 23.2 Å². The van der Waals surface area contributed by atoms with Crippen molar-refractivity contribution in [3.63, 3.8) is 0 Å². The molecule has 0 unspecified atom stereocenters. The molecule has 0 saturated carbocycles. The SMILES string of the molecule is O=C(O)c1cc(F)c(N=Nc2c(F)cc(C(=O)O)cc2Cl)c(Cl)c1. The zero-order valence-corrected chi connectivity index (χ0v) is 12.9. The van der Waals surface area contributed by atoms with Crippen molar-refractivity contribution in [1.29, 1.82) is 0 Å². The van der Waals surface area contributed by atoms with Crippen LogP contribution in [0.2, 0.25) is 10.0 Å². The molecule has 0 aliphatic rings. The third-order valence-corrected chi connectivity index (χ3v) is 3.35. The van der Waals surface area contributed by atoms with Gasteiger partial charge in [-0.3, -0.25) is 0 Å². The van der Waals surface area contributed by atoms with Crippen LogP contribution in [0.4, 0.5) is 20.2 Å². The van der Waals surface area contributed by atoms with Crippen molar-refractivity contribution in [1.82, 2.24) is 0 Å². The predicted molar refractivity (Wildman–Crippen MR) is 80.9 cm³/mol. The smallest absolute Gasteiger partial charge is 0.335 e. The maximum Gasteiger partial charge on any atom is 0.335 e. The average molecular weight is 375 g/mol. The summed E-state index contributed by atoms with van der Waals surface area (Å²) in [5.74, 6) is -4.94. The number of hydrogen-bond donors (Lipinski definition) is 2. The minimum atomic E-state index is -1.39. The fraction of sp³-hybridized carbons (Fsp3) is 0. The molecule has 2 N–H and O–H groups in total. The molecule has 124 valence electrons. The van der Waals surface area contributed by atoms with Crippen LogP contribution < -0.4 is 0 Å². The van der Waals surface area contributed by atoms with Gasteiger partial charge in [-0.1, -0.05) is 23.2 Å². The summed E-state index contributed by atoms with van der Waals surface area (Å²) in [6.07, 6.45) is 0. The monoisotopic (exact) mass is 374 g/mol. The molecule has 0 atom stereocenters. The molecular formula is C14H6Cl2F2N2O4. The first-order chi connectivity index (χ1) is 11.2. The highest BCUT2D eigenvalue weighted by molar-refractivity contribution is 6.33. The van der Waals surface area contributed by atoms with Gasteiger partial charge in [0.2, 0.25) is 0 Å². The van der Waals surface area contributed by atoms with Crippen LogP contribution in [0, 0.1) is 11.6 Å². The largest absolute Gasteiger partial charge is 0.478 e. The molecule has 0 fully saturated rings. The lowest BCUT2D eigenvalue weighted by Crippen LogP contribution is -1.97. The Morgan fingerprint density at radius 2 is 1.12 bits per heavy atom.